The second kappa shape index (κ2) is 7.29. The SMILES string of the molecule is COCCNC(=O)c1ccccc1OCC(N)=O. The standard InChI is InChI=1S/C12H16N2O4/c1-17-7-6-14-12(16)9-4-2-3-5-10(9)18-8-11(13)15/h2-5H,6-8H2,1H3,(H2,13,15)(H,14,16). The molecule has 0 saturated heterocycles. The van der Waals surface area contributed by atoms with Crippen LogP contribution in [0.4, 0.5) is 0 Å². The summed E-state index contributed by atoms with van der Waals surface area (Å²) in [5.74, 6) is -0.553. The zero-order valence-electron chi connectivity index (χ0n) is 10.1. The first kappa shape index (κ1) is 14.0. The molecule has 6 heteroatoms. The molecule has 98 valence electrons. The van der Waals surface area contributed by atoms with E-state index in [1.807, 2.05) is 0 Å². The first-order chi connectivity index (χ1) is 8.65. The fourth-order valence-electron chi connectivity index (χ4n) is 1.29. The van der Waals surface area contributed by atoms with Gasteiger partial charge in [-0.1, -0.05) is 12.1 Å². The highest BCUT2D eigenvalue weighted by atomic mass is 16.5. The Hall–Kier alpha value is -2.08. The molecule has 0 radical (unpaired) electrons. The zero-order valence-corrected chi connectivity index (χ0v) is 10.1. The van der Waals surface area contributed by atoms with Crippen LogP contribution in [-0.4, -0.2) is 38.7 Å². The van der Waals surface area contributed by atoms with Crippen LogP contribution < -0.4 is 15.8 Å². The highest BCUT2D eigenvalue weighted by Crippen LogP contribution is 2.17. The molecule has 18 heavy (non-hydrogen) atoms. The number of carbonyl (C=O) groups is 2. The van der Waals surface area contributed by atoms with Gasteiger partial charge in [-0.2, -0.15) is 0 Å². The molecule has 2 amide bonds. The van der Waals surface area contributed by atoms with Crippen LogP contribution in [0.25, 0.3) is 0 Å². The first-order valence-electron chi connectivity index (χ1n) is 5.42. The second-order valence-electron chi connectivity index (χ2n) is 3.50. The molecule has 0 bridgehead atoms. The van der Waals surface area contributed by atoms with Crippen molar-refractivity contribution >= 4 is 11.8 Å². The van der Waals surface area contributed by atoms with Gasteiger partial charge in [-0.25, -0.2) is 0 Å². The fourth-order valence-corrected chi connectivity index (χ4v) is 1.29. The molecular formula is C12H16N2O4. The van der Waals surface area contributed by atoms with E-state index in [9.17, 15) is 9.59 Å². The molecule has 0 aliphatic heterocycles. The van der Waals surface area contributed by atoms with Gasteiger partial charge in [0, 0.05) is 13.7 Å². The third-order valence-corrected chi connectivity index (χ3v) is 2.09. The Morgan fingerprint density at radius 3 is 2.72 bits per heavy atom. The van der Waals surface area contributed by atoms with Gasteiger partial charge in [-0.3, -0.25) is 9.59 Å². The van der Waals surface area contributed by atoms with Gasteiger partial charge in [0.05, 0.1) is 12.2 Å². The van der Waals surface area contributed by atoms with Gasteiger partial charge < -0.3 is 20.5 Å². The normalized spacial score (nSPS) is 9.83. The smallest absolute Gasteiger partial charge is 0.255 e. The topological polar surface area (TPSA) is 90.7 Å². The van der Waals surface area contributed by atoms with Crippen LogP contribution in [-0.2, 0) is 9.53 Å². The highest BCUT2D eigenvalue weighted by molar-refractivity contribution is 5.97. The minimum atomic E-state index is -0.593. The summed E-state index contributed by atoms with van der Waals surface area (Å²) >= 11 is 0. The van der Waals surface area contributed by atoms with E-state index in [1.54, 1.807) is 31.4 Å². The van der Waals surface area contributed by atoms with E-state index in [-0.39, 0.29) is 12.5 Å². The van der Waals surface area contributed by atoms with Crippen molar-refractivity contribution in [1.82, 2.24) is 5.32 Å². The summed E-state index contributed by atoms with van der Waals surface area (Å²) in [6, 6.07) is 6.64. The van der Waals surface area contributed by atoms with Crippen molar-refractivity contribution in [2.24, 2.45) is 5.73 Å². The van der Waals surface area contributed by atoms with E-state index < -0.39 is 5.91 Å². The number of rotatable bonds is 7. The average Bonchev–Trinajstić information content (AvgIpc) is 2.37. The Morgan fingerprint density at radius 2 is 2.06 bits per heavy atom. The number of hydrogen-bond acceptors (Lipinski definition) is 4. The van der Waals surface area contributed by atoms with Crippen LogP contribution in [0.1, 0.15) is 10.4 Å². The van der Waals surface area contributed by atoms with E-state index in [0.29, 0.717) is 24.5 Å². The predicted octanol–water partition coefficient (Wildman–Crippen LogP) is -0.0731. The van der Waals surface area contributed by atoms with Crippen molar-refractivity contribution in [1.29, 1.82) is 0 Å². The number of nitrogens with two attached hydrogens (primary N) is 1. The number of hydrogen-bond donors (Lipinski definition) is 2. The summed E-state index contributed by atoms with van der Waals surface area (Å²) in [6.07, 6.45) is 0. The molecular weight excluding hydrogens is 236 g/mol. The quantitative estimate of drug-likeness (QED) is 0.664. The van der Waals surface area contributed by atoms with Gasteiger partial charge in [0.1, 0.15) is 5.75 Å². The molecule has 1 rings (SSSR count). The number of carbonyl (C=O) groups excluding carboxylic acids is 2. The van der Waals surface area contributed by atoms with Crippen LogP contribution in [0.15, 0.2) is 24.3 Å². The van der Waals surface area contributed by atoms with E-state index in [2.05, 4.69) is 5.32 Å². The van der Waals surface area contributed by atoms with Crippen LogP contribution in [0.2, 0.25) is 0 Å². The predicted molar refractivity (Wildman–Crippen MR) is 65.3 cm³/mol. The van der Waals surface area contributed by atoms with Gasteiger partial charge in [0.25, 0.3) is 11.8 Å². The van der Waals surface area contributed by atoms with Crippen LogP contribution >= 0.6 is 0 Å². The summed E-state index contributed by atoms with van der Waals surface area (Å²) < 4.78 is 9.99. The van der Waals surface area contributed by atoms with Gasteiger partial charge in [0.15, 0.2) is 6.61 Å². The van der Waals surface area contributed by atoms with E-state index in [4.69, 9.17) is 15.2 Å². The average molecular weight is 252 g/mol. The molecule has 3 N–H and O–H groups in total. The van der Waals surface area contributed by atoms with E-state index >= 15 is 0 Å². The third-order valence-electron chi connectivity index (χ3n) is 2.09. The Balaban J connectivity index is 2.68. The Labute approximate surface area is 105 Å². The van der Waals surface area contributed by atoms with Crippen molar-refractivity contribution in [2.45, 2.75) is 0 Å². The number of nitrogens with one attached hydrogen (secondary N) is 1. The number of amides is 2. The van der Waals surface area contributed by atoms with Crippen molar-refractivity contribution in [3.05, 3.63) is 29.8 Å². The molecule has 0 aromatic heterocycles. The van der Waals surface area contributed by atoms with E-state index in [1.165, 1.54) is 0 Å². The van der Waals surface area contributed by atoms with Gasteiger partial charge in [-0.05, 0) is 12.1 Å². The molecule has 1 aromatic rings. The zero-order chi connectivity index (χ0) is 13.4. The molecule has 0 aliphatic rings. The lowest BCUT2D eigenvalue weighted by atomic mass is 10.2. The van der Waals surface area contributed by atoms with Crippen molar-refractivity contribution in [3.63, 3.8) is 0 Å². The van der Waals surface area contributed by atoms with Crippen LogP contribution in [0, 0.1) is 0 Å². The largest absolute Gasteiger partial charge is 0.483 e. The maximum atomic E-state index is 11.8. The van der Waals surface area contributed by atoms with Gasteiger partial charge in [-0.15, -0.1) is 0 Å². The lowest BCUT2D eigenvalue weighted by molar-refractivity contribution is -0.119. The Bertz CT molecular complexity index is 420. The second-order valence-corrected chi connectivity index (χ2v) is 3.50. The Morgan fingerprint density at radius 1 is 1.33 bits per heavy atom. The highest BCUT2D eigenvalue weighted by Gasteiger charge is 2.11. The number of para-hydroxylation sites is 1. The monoisotopic (exact) mass is 252 g/mol. The van der Waals surface area contributed by atoms with Gasteiger partial charge in [0.2, 0.25) is 0 Å². The number of methoxy groups -OCH3 is 1. The number of benzene rings is 1. The number of ether oxygens (including phenoxy) is 2. The van der Waals surface area contributed by atoms with E-state index in [0.717, 1.165) is 0 Å². The summed E-state index contributed by atoms with van der Waals surface area (Å²) in [5.41, 5.74) is 5.34. The summed E-state index contributed by atoms with van der Waals surface area (Å²) in [6.45, 7) is 0.567. The Kier molecular flexibility index (Phi) is 5.66. The first-order valence-corrected chi connectivity index (χ1v) is 5.42. The molecule has 0 unspecified atom stereocenters. The molecule has 0 atom stereocenters. The lowest BCUT2D eigenvalue weighted by Crippen LogP contribution is -2.28. The summed E-state index contributed by atoms with van der Waals surface area (Å²) in [4.78, 5) is 22.5. The minimum Gasteiger partial charge on any atom is -0.483 e. The molecule has 0 saturated carbocycles. The van der Waals surface area contributed by atoms with Gasteiger partial charge >= 0.3 is 0 Å². The fraction of sp³-hybridized carbons (Fsp3) is 0.333. The van der Waals surface area contributed by atoms with Crippen molar-refractivity contribution < 1.29 is 19.1 Å². The third kappa shape index (κ3) is 4.42. The maximum Gasteiger partial charge on any atom is 0.255 e. The summed E-state index contributed by atoms with van der Waals surface area (Å²) in [7, 11) is 1.55. The number of primary amides is 1. The molecule has 6 nitrogen and oxygen atoms in total. The molecule has 0 aliphatic carbocycles. The van der Waals surface area contributed by atoms with Crippen LogP contribution in [0.5, 0.6) is 5.75 Å². The maximum absolute atomic E-state index is 11.8. The van der Waals surface area contributed by atoms with Crippen molar-refractivity contribution in [3.8, 4) is 5.75 Å². The van der Waals surface area contributed by atoms with Crippen molar-refractivity contribution in [2.75, 3.05) is 26.9 Å². The molecule has 0 heterocycles. The summed E-state index contributed by atoms with van der Waals surface area (Å²) in [5, 5.41) is 2.67. The molecule has 0 spiro atoms. The molecule has 0 fully saturated rings. The van der Waals surface area contributed by atoms with Crippen LogP contribution in [0.3, 0.4) is 0 Å². The molecule has 1 aromatic carbocycles. The lowest BCUT2D eigenvalue weighted by Gasteiger charge is -2.10. The minimum absolute atomic E-state index is 0.262.